The summed E-state index contributed by atoms with van der Waals surface area (Å²) in [7, 11) is -2.08. The number of thiocarbonyl (C=S) groups is 1. The quantitative estimate of drug-likeness (QED) is 0.721. The van der Waals surface area contributed by atoms with Crippen LogP contribution in [-0.4, -0.2) is 44.5 Å². The van der Waals surface area contributed by atoms with Crippen molar-refractivity contribution in [1.82, 2.24) is 4.31 Å². The Labute approximate surface area is 133 Å². The fraction of sp³-hybridized carbons (Fsp3) is 0.545. The van der Waals surface area contributed by atoms with Gasteiger partial charge in [0.15, 0.2) is 0 Å². The molecule has 2 N–H and O–H groups in total. The molecule has 0 aliphatic rings. The second kappa shape index (κ2) is 7.67. The molecule has 0 spiro atoms. The second-order valence-corrected chi connectivity index (χ2v) is 8.48. The Morgan fingerprint density at radius 3 is 2.65 bits per heavy atom. The Morgan fingerprint density at radius 1 is 1.55 bits per heavy atom. The zero-order valence-corrected chi connectivity index (χ0v) is 14.5. The molecule has 5 nitrogen and oxygen atoms in total. The van der Waals surface area contributed by atoms with Gasteiger partial charge in [0.1, 0.15) is 4.21 Å². The lowest BCUT2D eigenvalue weighted by Gasteiger charge is -2.20. The van der Waals surface area contributed by atoms with Crippen LogP contribution in [0, 0.1) is 6.92 Å². The number of hydrogen-bond acceptors (Lipinski definition) is 5. The minimum atomic E-state index is -3.60. The molecule has 0 aliphatic heterocycles. The summed E-state index contributed by atoms with van der Waals surface area (Å²) in [6.07, 6.45) is 0.330. The van der Waals surface area contributed by atoms with Gasteiger partial charge in [0.05, 0.1) is 15.9 Å². The minimum absolute atomic E-state index is 0.221. The van der Waals surface area contributed by atoms with Crippen molar-refractivity contribution in [3.05, 3.63) is 16.0 Å². The van der Waals surface area contributed by atoms with Gasteiger partial charge in [-0.1, -0.05) is 23.8 Å². The van der Waals surface area contributed by atoms with Gasteiger partial charge in [-0.3, -0.25) is 0 Å². The van der Waals surface area contributed by atoms with Crippen LogP contribution in [0.3, 0.4) is 0 Å². The molecule has 0 bridgehead atoms. The second-order valence-electron chi connectivity index (χ2n) is 4.14. The first kappa shape index (κ1) is 17.8. The van der Waals surface area contributed by atoms with E-state index in [0.717, 1.165) is 16.9 Å². The summed E-state index contributed by atoms with van der Waals surface area (Å²) in [6, 6.07) is 1.57. The number of nitrogens with zero attached hydrogens (tertiary/aromatic N) is 1. The highest BCUT2D eigenvalue weighted by atomic mass is 35.5. The molecule has 114 valence electrons. The standard InChI is InChI=1S/C11H17ClN2O3S3/c1-8-7-10(19-11(8)12)20(15,16)14(5-6-17-2)4-3-9(13)18/h7H,3-6H2,1-2H3,(H2,13,18). The predicted molar refractivity (Wildman–Crippen MR) is 86.1 cm³/mol. The van der Waals surface area contributed by atoms with E-state index < -0.39 is 10.0 Å². The highest BCUT2D eigenvalue weighted by Crippen LogP contribution is 2.31. The van der Waals surface area contributed by atoms with E-state index in [9.17, 15) is 8.42 Å². The number of methoxy groups -OCH3 is 1. The van der Waals surface area contributed by atoms with Gasteiger partial charge in [-0.15, -0.1) is 11.3 Å². The number of rotatable bonds is 8. The van der Waals surface area contributed by atoms with Crippen LogP contribution in [0.25, 0.3) is 0 Å². The van der Waals surface area contributed by atoms with Gasteiger partial charge in [-0.05, 0) is 18.6 Å². The molecule has 1 aromatic heterocycles. The Balaban J connectivity index is 2.99. The third kappa shape index (κ3) is 4.64. The van der Waals surface area contributed by atoms with Crippen molar-refractivity contribution >= 4 is 50.2 Å². The number of thiophene rings is 1. The van der Waals surface area contributed by atoms with Crippen molar-refractivity contribution in [2.75, 3.05) is 26.8 Å². The minimum Gasteiger partial charge on any atom is -0.393 e. The molecule has 0 fully saturated rings. The van der Waals surface area contributed by atoms with Crippen molar-refractivity contribution in [3.63, 3.8) is 0 Å². The number of sulfonamides is 1. The fourth-order valence-electron chi connectivity index (χ4n) is 1.47. The van der Waals surface area contributed by atoms with Crippen LogP contribution in [-0.2, 0) is 14.8 Å². The molecule has 0 unspecified atom stereocenters. The van der Waals surface area contributed by atoms with Crippen LogP contribution in [0.5, 0.6) is 0 Å². The molecule has 0 aliphatic carbocycles. The van der Waals surface area contributed by atoms with E-state index in [0.29, 0.717) is 17.4 Å². The maximum absolute atomic E-state index is 12.6. The first-order valence-corrected chi connectivity index (χ1v) is 8.86. The topological polar surface area (TPSA) is 72.6 Å². The lowest BCUT2D eigenvalue weighted by atomic mass is 10.4. The van der Waals surface area contributed by atoms with E-state index >= 15 is 0 Å². The molecule has 1 rings (SSSR count). The fourth-order valence-corrected chi connectivity index (χ4v) is 4.85. The SMILES string of the molecule is COCCN(CCC(N)=S)S(=O)(=O)c1cc(C)c(Cl)s1. The van der Waals surface area contributed by atoms with Crippen LogP contribution in [0.1, 0.15) is 12.0 Å². The summed E-state index contributed by atoms with van der Waals surface area (Å²) >= 11 is 11.8. The van der Waals surface area contributed by atoms with Gasteiger partial charge in [0, 0.05) is 26.6 Å². The molecule has 1 heterocycles. The van der Waals surface area contributed by atoms with E-state index in [-0.39, 0.29) is 22.3 Å². The van der Waals surface area contributed by atoms with Gasteiger partial charge in [0.25, 0.3) is 10.0 Å². The van der Waals surface area contributed by atoms with Crippen molar-refractivity contribution in [1.29, 1.82) is 0 Å². The maximum Gasteiger partial charge on any atom is 0.252 e. The number of ether oxygens (including phenoxy) is 1. The smallest absolute Gasteiger partial charge is 0.252 e. The number of aryl methyl sites for hydroxylation is 1. The van der Waals surface area contributed by atoms with Gasteiger partial charge < -0.3 is 10.5 Å². The maximum atomic E-state index is 12.6. The monoisotopic (exact) mass is 356 g/mol. The van der Waals surface area contributed by atoms with Crippen LogP contribution < -0.4 is 5.73 Å². The predicted octanol–water partition coefficient (Wildman–Crippen LogP) is 2.02. The van der Waals surface area contributed by atoms with Crippen LogP contribution >= 0.6 is 35.2 Å². The highest BCUT2D eigenvalue weighted by Gasteiger charge is 2.26. The summed E-state index contributed by atoms with van der Waals surface area (Å²) in [5, 5.41) is 0. The molecule has 0 saturated carbocycles. The third-order valence-corrected chi connectivity index (χ3v) is 6.69. The number of hydrogen-bond donors (Lipinski definition) is 1. The molecular weight excluding hydrogens is 340 g/mol. The zero-order valence-electron chi connectivity index (χ0n) is 11.3. The molecule has 0 aromatic carbocycles. The first-order valence-electron chi connectivity index (χ1n) is 5.82. The molecular formula is C11H17ClN2O3S3. The zero-order chi connectivity index (χ0) is 15.3. The molecule has 1 aromatic rings. The summed E-state index contributed by atoms with van der Waals surface area (Å²) in [5.74, 6) is 0. The van der Waals surface area contributed by atoms with Crippen LogP contribution in [0.4, 0.5) is 0 Å². The largest absolute Gasteiger partial charge is 0.393 e. The Morgan fingerprint density at radius 2 is 2.20 bits per heavy atom. The average molecular weight is 357 g/mol. The van der Waals surface area contributed by atoms with Gasteiger partial charge in [-0.2, -0.15) is 4.31 Å². The molecule has 0 saturated heterocycles. The normalized spacial score (nSPS) is 12.0. The van der Waals surface area contributed by atoms with E-state index in [4.69, 9.17) is 34.3 Å². The molecule has 0 atom stereocenters. The Kier molecular flexibility index (Phi) is 6.83. The molecule has 0 amide bonds. The lowest BCUT2D eigenvalue weighted by molar-refractivity contribution is 0.180. The Bertz CT molecular complexity index is 552. The molecule has 0 radical (unpaired) electrons. The van der Waals surface area contributed by atoms with Gasteiger partial charge >= 0.3 is 0 Å². The first-order chi connectivity index (χ1) is 9.28. The molecule has 9 heteroatoms. The van der Waals surface area contributed by atoms with E-state index in [1.165, 1.54) is 11.4 Å². The summed E-state index contributed by atoms with van der Waals surface area (Å²) in [6.45, 7) is 2.55. The van der Waals surface area contributed by atoms with Gasteiger partial charge in [-0.25, -0.2) is 8.42 Å². The Hall–Kier alpha value is -0.250. The van der Waals surface area contributed by atoms with E-state index in [1.807, 2.05) is 0 Å². The van der Waals surface area contributed by atoms with Crippen LogP contribution in [0.2, 0.25) is 4.34 Å². The van der Waals surface area contributed by atoms with E-state index in [1.54, 1.807) is 13.0 Å². The summed E-state index contributed by atoms with van der Waals surface area (Å²) in [4.78, 5) is 0.281. The lowest BCUT2D eigenvalue weighted by Crippen LogP contribution is -2.35. The van der Waals surface area contributed by atoms with Crippen molar-refractivity contribution in [2.24, 2.45) is 5.73 Å². The van der Waals surface area contributed by atoms with Crippen molar-refractivity contribution < 1.29 is 13.2 Å². The summed E-state index contributed by atoms with van der Waals surface area (Å²) < 4.78 is 32.1. The third-order valence-electron chi connectivity index (χ3n) is 2.58. The number of halogens is 1. The van der Waals surface area contributed by atoms with Gasteiger partial charge in [0.2, 0.25) is 0 Å². The van der Waals surface area contributed by atoms with Crippen LogP contribution in [0.15, 0.2) is 10.3 Å². The van der Waals surface area contributed by atoms with E-state index in [2.05, 4.69) is 0 Å². The molecule has 20 heavy (non-hydrogen) atoms. The average Bonchev–Trinajstić information content (AvgIpc) is 2.70. The van der Waals surface area contributed by atoms with Crippen molar-refractivity contribution in [3.8, 4) is 0 Å². The summed E-state index contributed by atoms with van der Waals surface area (Å²) in [5.41, 5.74) is 6.19. The van der Waals surface area contributed by atoms with Crippen molar-refractivity contribution in [2.45, 2.75) is 17.6 Å². The number of nitrogens with two attached hydrogens (primary N) is 1. The highest BCUT2D eigenvalue weighted by molar-refractivity contribution is 7.91.